The molecule has 3 aromatic heterocycles. The monoisotopic (exact) mass is 451 g/mol. The zero-order chi connectivity index (χ0) is 23.3. The Kier molecular flexibility index (Phi) is 6.07. The van der Waals surface area contributed by atoms with E-state index in [2.05, 4.69) is 15.4 Å². The molecule has 34 heavy (non-hydrogen) atoms. The van der Waals surface area contributed by atoms with Crippen LogP contribution in [0.3, 0.4) is 0 Å². The van der Waals surface area contributed by atoms with Crippen LogP contribution in [-0.4, -0.2) is 32.2 Å². The summed E-state index contributed by atoms with van der Waals surface area (Å²) in [6.07, 6.45) is 5.77. The molecule has 0 saturated carbocycles. The molecule has 0 radical (unpaired) electrons. The molecule has 0 aliphatic heterocycles. The maximum Gasteiger partial charge on any atom is 0.252 e. The summed E-state index contributed by atoms with van der Waals surface area (Å²) in [6, 6.07) is 21.7. The molecule has 0 aliphatic carbocycles. The molecule has 7 heteroatoms. The molecule has 0 saturated heterocycles. The SMILES string of the molecule is O=C(NCCc1ccc(F)cc1)c1cc(-c2ccccc2)nc2c1cnn2Cc1ccncc1. The zero-order valence-corrected chi connectivity index (χ0v) is 18.4. The average Bonchev–Trinajstić information content (AvgIpc) is 3.28. The Hall–Kier alpha value is -4.39. The third kappa shape index (κ3) is 4.68. The minimum absolute atomic E-state index is 0.199. The number of benzene rings is 2. The summed E-state index contributed by atoms with van der Waals surface area (Å²) >= 11 is 0. The second-order valence-electron chi connectivity index (χ2n) is 7.95. The van der Waals surface area contributed by atoms with Crippen molar-refractivity contribution in [3.63, 3.8) is 0 Å². The van der Waals surface area contributed by atoms with Crippen LogP contribution in [0.25, 0.3) is 22.3 Å². The number of nitrogens with one attached hydrogen (secondary N) is 1. The molecule has 5 aromatic rings. The van der Waals surface area contributed by atoms with E-state index in [1.165, 1.54) is 12.1 Å². The normalized spacial score (nSPS) is 11.0. The van der Waals surface area contributed by atoms with Gasteiger partial charge in [-0.3, -0.25) is 9.78 Å². The van der Waals surface area contributed by atoms with E-state index >= 15 is 0 Å². The lowest BCUT2D eigenvalue weighted by atomic mass is 10.1. The summed E-state index contributed by atoms with van der Waals surface area (Å²) in [5, 5.41) is 8.20. The lowest BCUT2D eigenvalue weighted by molar-refractivity contribution is 0.0955. The summed E-state index contributed by atoms with van der Waals surface area (Å²) in [5.41, 5.74) is 4.77. The van der Waals surface area contributed by atoms with Crippen molar-refractivity contribution in [3.8, 4) is 11.3 Å². The Labute approximate surface area is 196 Å². The number of rotatable bonds is 7. The van der Waals surface area contributed by atoms with Crippen LogP contribution in [0.15, 0.2) is 91.4 Å². The Morgan fingerprint density at radius 2 is 1.71 bits per heavy atom. The molecule has 0 aliphatic rings. The summed E-state index contributed by atoms with van der Waals surface area (Å²) in [7, 11) is 0. The molecule has 0 bridgehead atoms. The van der Waals surface area contributed by atoms with E-state index in [4.69, 9.17) is 4.98 Å². The van der Waals surface area contributed by atoms with Crippen molar-refractivity contribution in [1.29, 1.82) is 0 Å². The van der Waals surface area contributed by atoms with Crippen molar-refractivity contribution >= 4 is 16.9 Å². The number of amides is 1. The van der Waals surface area contributed by atoms with Gasteiger partial charge in [-0.25, -0.2) is 14.1 Å². The van der Waals surface area contributed by atoms with Gasteiger partial charge in [0.15, 0.2) is 5.65 Å². The smallest absolute Gasteiger partial charge is 0.252 e. The van der Waals surface area contributed by atoms with Crippen molar-refractivity contribution in [2.24, 2.45) is 0 Å². The third-order valence-electron chi connectivity index (χ3n) is 5.62. The molecule has 0 fully saturated rings. The van der Waals surface area contributed by atoms with Crippen molar-refractivity contribution < 1.29 is 9.18 Å². The van der Waals surface area contributed by atoms with Crippen LogP contribution in [-0.2, 0) is 13.0 Å². The predicted molar refractivity (Wildman–Crippen MR) is 129 cm³/mol. The number of hydrogen-bond acceptors (Lipinski definition) is 4. The summed E-state index contributed by atoms with van der Waals surface area (Å²) in [4.78, 5) is 22.1. The van der Waals surface area contributed by atoms with E-state index in [0.29, 0.717) is 41.8 Å². The van der Waals surface area contributed by atoms with Gasteiger partial charge in [0.2, 0.25) is 0 Å². The number of nitrogens with zero attached hydrogens (tertiary/aromatic N) is 4. The van der Waals surface area contributed by atoms with E-state index in [0.717, 1.165) is 16.7 Å². The summed E-state index contributed by atoms with van der Waals surface area (Å²) in [6.45, 7) is 0.947. The number of halogens is 1. The van der Waals surface area contributed by atoms with Gasteiger partial charge in [-0.2, -0.15) is 5.10 Å². The quantitative estimate of drug-likeness (QED) is 0.391. The molecule has 3 heterocycles. The first kappa shape index (κ1) is 21.5. The van der Waals surface area contributed by atoms with Gasteiger partial charge < -0.3 is 5.32 Å². The minimum Gasteiger partial charge on any atom is -0.352 e. The highest BCUT2D eigenvalue weighted by Crippen LogP contribution is 2.25. The molecular weight excluding hydrogens is 429 g/mol. The van der Waals surface area contributed by atoms with Crippen molar-refractivity contribution in [2.75, 3.05) is 6.54 Å². The fourth-order valence-electron chi connectivity index (χ4n) is 3.84. The highest BCUT2D eigenvalue weighted by Gasteiger charge is 2.17. The Morgan fingerprint density at radius 3 is 2.47 bits per heavy atom. The summed E-state index contributed by atoms with van der Waals surface area (Å²) in [5.74, 6) is -0.473. The Bertz CT molecular complexity index is 1420. The van der Waals surface area contributed by atoms with Crippen LogP contribution in [0.4, 0.5) is 4.39 Å². The first-order chi connectivity index (χ1) is 16.7. The number of carbonyl (C=O) groups is 1. The Balaban J connectivity index is 1.46. The van der Waals surface area contributed by atoms with Crippen molar-refractivity contribution in [1.82, 2.24) is 25.1 Å². The number of pyridine rings is 2. The van der Waals surface area contributed by atoms with Gasteiger partial charge in [0.1, 0.15) is 5.82 Å². The van der Waals surface area contributed by atoms with Crippen LogP contribution in [0, 0.1) is 5.82 Å². The molecule has 0 unspecified atom stereocenters. The fraction of sp³-hybridized carbons (Fsp3) is 0.111. The van der Waals surface area contributed by atoms with Gasteiger partial charge in [-0.15, -0.1) is 0 Å². The highest BCUT2D eigenvalue weighted by atomic mass is 19.1. The molecule has 0 atom stereocenters. The van der Waals surface area contributed by atoms with Gasteiger partial charge >= 0.3 is 0 Å². The maximum absolute atomic E-state index is 13.2. The molecular formula is C27H22FN5O. The molecule has 1 N–H and O–H groups in total. The fourth-order valence-corrected chi connectivity index (χ4v) is 3.84. The molecule has 1 amide bonds. The highest BCUT2D eigenvalue weighted by molar-refractivity contribution is 6.06. The van der Waals surface area contributed by atoms with E-state index in [-0.39, 0.29) is 11.7 Å². The molecule has 0 spiro atoms. The lowest BCUT2D eigenvalue weighted by Crippen LogP contribution is -2.26. The van der Waals surface area contributed by atoms with Crippen LogP contribution < -0.4 is 5.32 Å². The number of hydrogen-bond donors (Lipinski definition) is 1. The zero-order valence-electron chi connectivity index (χ0n) is 18.4. The largest absolute Gasteiger partial charge is 0.352 e. The van der Waals surface area contributed by atoms with Crippen LogP contribution >= 0.6 is 0 Å². The minimum atomic E-state index is -0.274. The Morgan fingerprint density at radius 1 is 0.941 bits per heavy atom. The first-order valence-electron chi connectivity index (χ1n) is 11.0. The molecule has 168 valence electrons. The molecule has 6 nitrogen and oxygen atoms in total. The number of aromatic nitrogens is 4. The van der Waals surface area contributed by atoms with Gasteiger partial charge in [-0.05, 0) is 47.9 Å². The summed E-state index contributed by atoms with van der Waals surface area (Å²) < 4.78 is 14.9. The number of carbonyl (C=O) groups excluding carboxylic acids is 1. The van der Waals surface area contributed by atoms with Gasteiger partial charge in [0.05, 0.1) is 29.4 Å². The van der Waals surface area contributed by atoms with E-state index in [9.17, 15) is 9.18 Å². The van der Waals surface area contributed by atoms with Gasteiger partial charge in [-0.1, -0.05) is 42.5 Å². The second-order valence-corrected chi connectivity index (χ2v) is 7.95. The van der Waals surface area contributed by atoms with E-state index < -0.39 is 0 Å². The standard InChI is InChI=1S/C27H22FN5O/c28-22-8-6-19(7-9-22)12-15-30-27(34)23-16-25(21-4-2-1-3-5-21)32-26-24(23)17-31-33(26)18-20-10-13-29-14-11-20/h1-11,13-14,16-17H,12,15,18H2,(H,30,34). The van der Waals surface area contributed by atoms with Crippen molar-refractivity contribution in [2.45, 2.75) is 13.0 Å². The topological polar surface area (TPSA) is 72.7 Å². The van der Waals surface area contributed by atoms with Crippen molar-refractivity contribution in [3.05, 3.63) is 114 Å². The van der Waals surface area contributed by atoms with Crippen LogP contribution in [0.2, 0.25) is 0 Å². The lowest BCUT2D eigenvalue weighted by Gasteiger charge is -2.10. The van der Waals surface area contributed by atoms with Gasteiger partial charge in [0, 0.05) is 24.5 Å². The predicted octanol–water partition coefficient (Wildman–Crippen LogP) is 4.65. The third-order valence-corrected chi connectivity index (χ3v) is 5.62. The number of fused-ring (bicyclic) bond motifs is 1. The van der Waals surface area contributed by atoms with Gasteiger partial charge in [0.25, 0.3) is 5.91 Å². The first-order valence-corrected chi connectivity index (χ1v) is 11.0. The molecule has 5 rings (SSSR count). The maximum atomic E-state index is 13.2. The molecule has 2 aromatic carbocycles. The van der Waals surface area contributed by atoms with E-state index in [1.807, 2.05) is 48.5 Å². The van der Waals surface area contributed by atoms with Crippen LogP contribution in [0.5, 0.6) is 0 Å². The van der Waals surface area contributed by atoms with E-state index in [1.54, 1.807) is 35.4 Å². The van der Waals surface area contributed by atoms with Crippen LogP contribution in [0.1, 0.15) is 21.5 Å². The average molecular weight is 452 g/mol. The second kappa shape index (κ2) is 9.62.